The highest BCUT2D eigenvalue weighted by molar-refractivity contribution is 5.67. The molecule has 1 N–H and O–H groups in total. The van der Waals surface area contributed by atoms with Crippen LogP contribution in [0.4, 0.5) is 11.4 Å². The lowest BCUT2D eigenvalue weighted by Crippen LogP contribution is -2.00. The molecule has 0 aromatic heterocycles. The number of hydrogen-bond acceptors (Lipinski definition) is 1. The molecule has 1 nitrogen and oxygen atoms in total. The van der Waals surface area contributed by atoms with Gasteiger partial charge in [-0.15, -0.1) is 0 Å². The van der Waals surface area contributed by atoms with Gasteiger partial charge >= 0.3 is 0 Å². The van der Waals surface area contributed by atoms with Gasteiger partial charge in [0.2, 0.25) is 0 Å². The SMILES string of the molecule is CCc1ccc(CC)c(Nc2cc(CC)ccc2CC)c1. The molecular formula is C20H27N. The Kier molecular flexibility index (Phi) is 5.44. The molecule has 0 radical (unpaired) electrons. The summed E-state index contributed by atoms with van der Waals surface area (Å²) in [7, 11) is 0. The Balaban J connectivity index is 2.40. The predicted molar refractivity (Wildman–Crippen MR) is 93.7 cm³/mol. The second-order valence-corrected chi connectivity index (χ2v) is 5.52. The van der Waals surface area contributed by atoms with E-state index in [1.807, 2.05) is 0 Å². The van der Waals surface area contributed by atoms with Gasteiger partial charge in [0.25, 0.3) is 0 Å². The maximum atomic E-state index is 3.69. The standard InChI is InChI=1S/C20H27N/c1-5-15-9-11-17(7-3)19(13-15)21-20-14-16(6-2)10-12-18(20)8-4/h9-14,21H,5-8H2,1-4H3. The van der Waals surface area contributed by atoms with Crippen molar-refractivity contribution in [2.75, 3.05) is 5.32 Å². The molecule has 1 heteroatoms. The van der Waals surface area contributed by atoms with Gasteiger partial charge in [-0.1, -0.05) is 52.0 Å². The summed E-state index contributed by atoms with van der Waals surface area (Å²) in [6, 6.07) is 13.6. The molecule has 2 aromatic rings. The van der Waals surface area contributed by atoms with Gasteiger partial charge in [-0.05, 0) is 60.1 Å². The highest BCUT2D eigenvalue weighted by Gasteiger charge is 2.06. The minimum absolute atomic E-state index is 1.06. The fraction of sp³-hybridized carbons (Fsp3) is 0.400. The van der Waals surface area contributed by atoms with E-state index in [1.54, 1.807) is 0 Å². The zero-order valence-corrected chi connectivity index (χ0v) is 13.8. The van der Waals surface area contributed by atoms with Gasteiger partial charge in [0.1, 0.15) is 0 Å². The molecule has 0 saturated carbocycles. The lowest BCUT2D eigenvalue weighted by Gasteiger charge is -2.16. The zero-order chi connectivity index (χ0) is 15.2. The highest BCUT2D eigenvalue weighted by Crippen LogP contribution is 2.27. The van der Waals surface area contributed by atoms with Crippen molar-refractivity contribution in [3.8, 4) is 0 Å². The van der Waals surface area contributed by atoms with E-state index >= 15 is 0 Å². The second kappa shape index (κ2) is 7.31. The number of nitrogens with one attached hydrogen (secondary N) is 1. The maximum Gasteiger partial charge on any atom is 0.0419 e. The predicted octanol–water partition coefficient (Wildman–Crippen LogP) is 5.68. The maximum absolute atomic E-state index is 3.69. The number of anilines is 2. The minimum atomic E-state index is 1.06. The van der Waals surface area contributed by atoms with E-state index in [1.165, 1.54) is 33.6 Å². The van der Waals surface area contributed by atoms with Crippen molar-refractivity contribution >= 4 is 11.4 Å². The van der Waals surface area contributed by atoms with Crippen molar-refractivity contribution in [1.82, 2.24) is 0 Å². The first-order chi connectivity index (χ1) is 10.2. The molecule has 0 aliphatic carbocycles. The van der Waals surface area contributed by atoms with Crippen LogP contribution >= 0.6 is 0 Å². The van der Waals surface area contributed by atoms with Crippen molar-refractivity contribution in [2.45, 2.75) is 53.4 Å². The Morgan fingerprint density at radius 1 is 0.619 bits per heavy atom. The Morgan fingerprint density at radius 2 is 1.05 bits per heavy atom. The Hall–Kier alpha value is -1.76. The fourth-order valence-corrected chi connectivity index (χ4v) is 2.68. The molecule has 21 heavy (non-hydrogen) atoms. The van der Waals surface area contributed by atoms with E-state index in [2.05, 4.69) is 69.4 Å². The summed E-state index contributed by atoms with van der Waals surface area (Å²) in [4.78, 5) is 0. The van der Waals surface area contributed by atoms with Crippen LogP contribution in [0.1, 0.15) is 49.9 Å². The summed E-state index contributed by atoms with van der Waals surface area (Å²) < 4.78 is 0. The van der Waals surface area contributed by atoms with Crippen LogP contribution in [0.25, 0.3) is 0 Å². The first-order valence-electron chi connectivity index (χ1n) is 8.22. The van der Waals surface area contributed by atoms with Crippen LogP contribution in [0.2, 0.25) is 0 Å². The molecule has 0 aliphatic rings. The second-order valence-electron chi connectivity index (χ2n) is 5.52. The summed E-state index contributed by atoms with van der Waals surface area (Å²) in [5.41, 5.74) is 8.07. The molecule has 0 spiro atoms. The van der Waals surface area contributed by atoms with Crippen LogP contribution in [0.3, 0.4) is 0 Å². The molecule has 0 unspecified atom stereocenters. The molecule has 0 saturated heterocycles. The summed E-state index contributed by atoms with van der Waals surface area (Å²) in [5, 5.41) is 3.69. The van der Waals surface area contributed by atoms with Crippen LogP contribution in [0.5, 0.6) is 0 Å². The van der Waals surface area contributed by atoms with E-state index in [-0.39, 0.29) is 0 Å². The molecule has 112 valence electrons. The number of aryl methyl sites for hydroxylation is 4. The summed E-state index contributed by atoms with van der Waals surface area (Å²) in [5.74, 6) is 0. The normalized spacial score (nSPS) is 10.7. The van der Waals surface area contributed by atoms with E-state index in [9.17, 15) is 0 Å². The van der Waals surface area contributed by atoms with E-state index in [0.29, 0.717) is 0 Å². The molecule has 0 bridgehead atoms. The average molecular weight is 281 g/mol. The summed E-state index contributed by atoms with van der Waals surface area (Å²) >= 11 is 0. The Labute approximate surface area is 129 Å². The minimum Gasteiger partial charge on any atom is -0.355 e. The molecule has 0 aliphatic heterocycles. The van der Waals surface area contributed by atoms with Crippen LogP contribution in [0, 0.1) is 0 Å². The van der Waals surface area contributed by atoms with Crippen LogP contribution in [-0.4, -0.2) is 0 Å². The van der Waals surface area contributed by atoms with Crippen molar-refractivity contribution in [3.63, 3.8) is 0 Å². The van der Waals surface area contributed by atoms with Gasteiger partial charge < -0.3 is 5.32 Å². The van der Waals surface area contributed by atoms with Gasteiger partial charge in [0, 0.05) is 11.4 Å². The van der Waals surface area contributed by atoms with Gasteiger partial charge in [0.05, 0.1) is 0 Å². The monoisotopic (exact) mass is 281 g/mol. The fourth-order valence-electron chi connectivity index (χ4n) is 2.68. The van der Waals surface area contributed by atoms with Gasteiger partial charge in [-0.3, -0.25) is 0 Å². The summed E-state index contributed by atoms with van der Waals surface area (Å²) in [6.45, 7) is 8.85. The quantitative estimate of drug-likeness (QED) is 0.718. The van der Waals surface area contributed by atoms with Crippen molar-refractivity contribution in [3.05, 3.63) is 58.7 Å². The van der Waals surface area contributed by atoms with Crippen LogP contribution in [0.15, 0.2) is 36.4 Å². The van der Waals surface area contributed by atoms with Crippen LogP contribution < -0.4 is 5.32 Å². The molecule has 0 atom stereocenters. The number of rotatable bonds is 6. The van der Waals surface area contributed by atoms with E-state index in [4.69, 9.17) is 0 Å². The van der Waals surface area contributed by atoms with Crippen molar-refractivity contribution in [1.29, 1.82) is 0 Å². The lowest BCUT2D eigenvalue weighted by molar-refractivity contribution is 1.09. The summed E-state index contributed by atoms with van der Waals surface area (Å²) in [6.07, 6.45) is 4.27. The third-order valence-electron chi connectivity index (χ3n) is 4.20. The smallest absolute Gasteiger partial charge is 0.0419 e. The van der Waals surface area contributed by atoms with E-state index in [0.717, 1.165) is 25.7 Å². The van der Waals surface area contributed by atoms with Crippen LogP contribution in [-0.2, 0) is 25.7 Å². The third-order valence-corrected chi connectivity index (χ3v) is 4.20. The highest BCUT2D eigenvalue weighted by atomic mass is 14.9. The van der Waals surface area contributed by atoms with Gasteiger partial charge in [-0.2, -0.15) is 0 Å². The molecule has 2 aromatic carbocycles. The average Bonchev–Trinajstić information content (AvgIpc) is 2.54. The lowest BCUT2D eigenvalue weighted by atomic mass is 10.0. The topological polar surface area (TPSA) is 12.0 Å². The van der Waals surface area contributed by atoms with Crippen molar-refractivity contribution < 1.29 is 0 Å². The zero-order valence-electron chi connectivity index (χ0n) is 13.8. The third kappa shape index (κ3) is 3.66. The molecule has 0 heterocycles. The van der Waals surface area contributed by atoms with Gasteiger partial charge in [-0.25, -0.2) is 0 Å². The largest absolute Gasteiger partial charge is 0.355 e. The molecule has 2 rings (SSSR count). The van der Waals surface area contributed by atoms with Crippen molar-refractivity contribution in [2.24, 2.45) is 0 Å². The van der Waals surface area contributed by atoms with Gasteiger partial charge in [0.15, 0.2) is 0 Å². The molecule has 0 amide bonds. The van der Waals surface area contributed by atoms with E-state index < -0.39 is 0 Å². The first-order valence-corrected chi connectivity index (χ1v) is 8.22. The number of hydrogen-bond donors (Lipinski definition) is 1. The molecule has 0 fully saturated rings. The molecular weight excluding hydrogens is 254 g/mol. The Morgan fingerprint density at radius 3 is 1.38 bits per heavy atom. The number of benzene rings is 2. The first kappa shape index (κ1) is 15.6. The Bertz CT molecular complexity index is 545.